The Hall–Kier alpha value is -1.75. The summed E-state index contributed by atoms with van der Waals surface area (Å²) in [7, 11) is 0. The van der Waals surface area contributed by atoms with Gasteiger partial charge in [-0.15, -0.1) is 0 Å². The van der Waals surface area contributed by atoms with Gasteiger partial charge in [0.2, 0.25) is 0 Å². The molecule has 5 heteroatoms. The highest BCUT2D eigenvalue weighted by Gasteiger charge is 2.11. The standard InChI is InChI=1S/C15H22N2O3/c1-12(15(18)19)6-11-20-14-4-2-13(3-5-14)17-9-7-16-8-10-17/h2-5,12,16H,6-11H2,1H3,(H,18,19)/t12-/m0/s1. The summed E-state index contributed by atoms with van der Waals surface area (Å²) in [5.41, 5.74) is 1.21. The molecule has 110 valence electrons. The number of aliphatic carboxylic acids is 1. The van der Waals surface area contributed by atoms with E-state index in [1.807, 2.05) is 12.1 Å². The SMILES string of the molecule is C[C@@H](CCOc1ccc(N2CCNCC2)cc1)C(=O)O. The van der Waals surface area contributed by atoms with Gasteiger partial charge in [-0.2, -0.15) is 0 Å². The van der Waals surface area contributed by atoms with Crippen LogP contribution in [-0.4, -0.2) is 43.9 Å². The topological polar surface area (TPSA) is 61.8 Å². The molecule has 0 bridgehead atoms. The van der Waals surface area contributed by atoms with Crippen molar-refractivity contribution in [2.75, 3.05) is 37.7 Å². The fourth-order valence-corrected chi connectivity index (χ4v) is 2.15. The van der Waals surface area contributed by atoms with Gasteiger partial charge in [-0.1, -0.05) is 6.92 Å². The van der Waals surface area contributed by atoms with Crippen molar-refractivity contribution in [1.82, 2.24) is 5.32 Å². The van der Waals surface area contributed by atoms with Crippen LogP contribution < -0.4 is 15.0 Å². The van der Waals surface area contributed by atoms with Crippen LogP contribution in [0.2, 0.25) is 0 Å². The van der Waals surface area contributed by atoms with Crippen LogP contribution in [-0.2, 0) is 4.79 Å². The monoisotopic (exact) mass is 278 g/mol. The average Bonchev–Trinajstić information content (AvgIpc) is 2.48. The van der Waals surface area contributed by atoms with Crippen molar-refractivity contribution in [3.63, 3.8) is 0 Å². The normalized spacial score (nSPS) is 16.8. The van der Waals surface area contributed by atoms with Crippen LogP contribution in [0.3, 0.4) is 0 Å². The summed E-state index contributed by atoms with van der Waals surface area (Å²) in [5, 5.41) is 12.1. The molecule has 2 N–H and O–H groups in total. The van der Waals surface area contributed by atoms with E-state index in [0.29, 0.717) is 13.0 Å². The largest absolute Gasteiger partial charge is 0.494 e. The maximum absolute atomic E-state index is 10.7. The molecule has 1 heterocycles. The third kappa shape index (κ3) is 4.13. The minimum Gasteiger partial charge on any atom is -0.494 e. The lowest BCUT2D eigenvalue weighted by molar-refractivity contribution is -0.141. The van der Waals surface area contributed by atoms with Crippen LogP contribution in [0.4, 0.5) is 5.69 Å². The number of nitrogens with one attached hydrogen (secondary N) is 1. The maximum atomic E-state index is 10.7. The Balaban J connectivity index is 1.80. The molecule has 5 nitrogen and oxygen atoms in total. The van der Waals surface area contributed by atoms with Crippen LogP contribution in [0.25, 0.3) is 0 Å². The van der Waals surface area contributed by atoms with Crippen LogP contribution in [0.5, 0.6) is 5.75 Å². The Labute approximate surface area is 119 Å². The molecular weight excluding hydrogens is 256 g/mol. The second kappa shape index (κ2) is 7.14. The van der Waals surface area contributed by atoms with E-state index < -0.39 is 5.97 Å². The van der Waals surface area contributed by atoms with Crippen molar-refractivity contribution >= 4 is 11.7 Å². The molecule has 1 aliphatic rings. The van der Waals surface area contributed by atoms with E-state index >= 15 is 0 Å². The Morgan fingerprint density at radius 1 is 1.35 bits per heavy atom. The van der Waals surface area contributed by atoms with Gasteiger partial charge in [-0.25, -0.2) is 0 Å². The number of anilines is 1. The summed E-state index contributed by atoms with van der Waals surface area (Å²) >= 11 is 0. The van der Waals surface area contributed by atoms with Gasteiger partial charge in [0.1, 0.15) is 5.75 Å². The van der Waals surface area contributed by atoms with Gasteiger partial charge < -0.3 is 20.1 Å². The number of ether oxygens (including phenoxy) is 1. The first kappa shape index (κ1) is 14.7. The Bertz CT molecular complexity index is 427. The quantitative estimate of drug-likeness (QED) is 0.827. The molecule has 0 amide bonds. The predicted octanol–water partition coefficient (Wildman–Crippen LogP) is 1.59. The minimum atomic E-state index is -0.775. The minimum absolute atomic E-state index is 0.366. The zero-order valence-electron chi connectivity index (χ0n) is 11.8. The first-order chi connectivity index (χ1) is 9.66. The van der Waals surface area contributed by atoms with E-state index in [2.05, 4.69) is 22.3 Å². The zero-order chi connectivity index (χ0) is 14.4. The molecule has 2 rings (SSSR count). The second-order valence-electron chi connectivity index (χ2n) is 5.11. The molecule has 0 saturated carbocycles. The number of hydrogen-bond acceptors (Lipinski definition) is 4. The second-order valence-corrected chi connectivity index (χ2v) is 5.11. The third-order valence-electron chi connectivity index (χ3n) is 3.56. The zero-order valence-corrected chi connectivity index (χ0v) is 11.8. The van der Waals surface area contributed by atoms with Crippen LogP contribution in [0.1, 0.15) is 13.3 Å². The highest BCUT2D eigenvalue weighted by atomic mass is 16.5. The first-order valence-electron chi connectivity index (χ1n) is 7.08. The van der Waals surface area contributed by atoms with E-state index in [1.165, 1.54) is 5.69 Å². The number of nitrogens with zero attached hydrogens (tertiary/aromatic N) is 1. The van der Waals surface area contributed by atoms with Gasteiger partial charge in [0.15, 0.2) is 0 Å². The molecule has 0 aliphatic carbocycles. The number of piperazine rings is 1. The van der Waals surface area contributed by atoms with Gasteiger partial charge in [0.25, 0.3) is 0 Å². The maximum Gasteiger partial charge on any atom is 0.306 e. The summed E-state index contributed by atoms with van der Waals surface area (Å²) in [5.74, 6) is -0.348. The fraction of sp³-hybridized carbons (Fsp3) is 0.533. The molecule has 0 spiro atoms. The van der Waals surface area contributed by atoms with Crippen molar-refractivity contribution in [3.8, 4) is 5.75 Å². The van der Waals surface area contributed by atoms with Gasteiger partial charge in [-0.05, 0) is 30.7 Å². The molecule has 1 aromatic carbocycles. The molecule has 1 fully saturated rings. The van der Waals surface area contributed by atoms with E-state index in [1.54, 1.807) is 6.92 Å². The van der Waals surface area contributed by atoms with Crippen LogP contribution >= 0.6 is 0 Å². The number of carbonyl (C=O) groups is 1. The van der Waals surface area contributed by atoms with Crippen molar-refractivity contribution < 1.29 is 14.6 Å². The van der Waals surface area contributed by atoms with E-state index in [0.717, 1.165) is 31.9 Å². The molecule has 1 aromatic rings. The summed E-state index contributed by atoms with van der Waals surface area (Å²) in [6.07, 6.45) is 0.523. The Morgan fingerprint density at radius 3 is 2.60 bits per heavy atom. The highest BCUT2D eigenvalue weighted by molar-refractivity contribution is 5.69. The molecule has 0 aromatic heterocycles. The summed E-state index contributed by atoms with van der Waals surface area (Å²) in [6.45, 7) is 6.21. The molecule has 20 heavy (non-hydrogen) atoms. The molecule has 1 atom stereocenters. The number of benzene rings is 1. The fourth-order valence-electron chi connectivity index (χ4n) is 2.15. The number of rotatable bonds is 6. The molecule has 0 unspecified atom stereocenters. The number of hydrogen-bond donors (Lipinski definition) is 2. The molecule has 0 radical (unpaired) electrons. The van der Waals surface area contributed by atoms with Gasteiger partial charge in [0, 0.05) is 31.9 Å². The van der Waals surface area contributed by atoms with Crippen molar-refractivity contribution in [2.24, 2.45) is 5.92 Å². The Kier molecular flexibility index (Phi) is 5.24. The number of carboxylic acids is 1. The predicted molar refractivity (Wildman–Crippen MR) is 78.4 cm³/mol. The Morgan fingerprint density at radius 2 is 2.00 bits per heavy atom. The lowest BCUT2D eigenvalue weighted by atomic mass is 10.1. The molecule has 1 aliphatic heterocycles. The van der Waals surface area contributed by atoms with E-state index in [4.69, 9.17) is 9.84 Å². The van der Waals surface area contributed by atoms with Crippen molar-refractivity contribution in [1.29, 1.82) is 0 Å². The van der Waals surface area contributed by atoms with Crippen molar-refractivity contribution in [2.45, 2.75) is 13.3 Å². The summed E-state index contributed by atoms with van der Waals surface area (Å²) in [6, 6.07) is 8.01. The lowest BCUT2D eigenvalue weighted by Crippen LogP contribution is -2.43. The molecule has 1 saturated heterocycles. The van der Waals surface area contributed by atoms with Crippen LogP contribution in [0.15, 0.2) is 24.3 Å². The average molecular weight is 278 g/mol. The summed E-state index contributed by atoms with van der Waals surface area (Å²) < 4.78 is 5.57. The van der Waals surface area contributed by atoms with Gasteiger partial charge >= 0.3 is 5.97 Å². The smallest absolute Gasteiger partial charge is 0.306 e. The first-order valence-corrected chi connectivity index (χ1v) is 7.08. The van der Waals surface area contributed by atoms with E-state index in [-0.39, 0.29) is 5.92 Å². The lowest BCUT2D eigenvalue weighted by Gasteiger charge is -2.29. The van der Waals surface area contributed by atoms with Crippen LogP contribution in [0, 0.1) is 5.92 Å². The van der Waals surface area contributed by atoms with Crippen molar-refractivity contribution in [3.05, 3.63) is 24.3 Å². The van der Waals surface area contributed by atoms with Gasteiger partial charge in [0.05, 0.1) is 12.5 Å². The third-order valence-corrected chi connectivity index (χ3v) is 3.56. The van der Waals surface area contributed by atoms with E-state index in [9.17, 15) is 4.79 Å². The number of carboxylic acid groups (broad SMARTS) is 1. The highest BCUT2D eigenvalue weighted by Crippen LogP contribution is 2.20. The molecular formula is C15H22N2O3. The van der Waals surface area contributed by atoms with Gasteiger partial charge in [-0.3, -0.25) is 4.79 Å². The summed E-state index contributed by atoms with van der Waals surface area (Å²) in [4.78, 5) is 13.0.